The minimum absolute atomic E-state index is 0.202. The molecule has 4 rings (SSSR count). The van der Waals surface area contributed by atoms with Gasteiger partial charge in [0.05, 0.1) is 13.8 Å². The second-order valence-electron chi connectivity index (χ2n) is 7.59. The van der Waals surface area contributed by atoms with Crippen molar-refractivity contribution < 1.29 is 14.3 Å². The summed E-state index contributed by atoms with van der Waals surface area (Å²) in [5.41, 5.74) is -0.259. The predicted molar refractivity (Wildman–Crippen MR) is 113 cm³/mol. The van der Waals surface area contributed by atoms with E-state index in [-0.39, 0.29) is 11.9 Å². The van der Waals surface area contributed by atoms with Crippen LogP contribution in [-0.4, -0.2) is 66.7 Å². The third-order valence-electron chi connectivity index (χ3n) is 5.98. The van der Waals surface area contributed by atoms with Crippen LogP contribution >= 0.6 is 0 Å². The van der Waals surface area contributed by atoms with E-state index in [1.165, 1.54) is 4.90 Å². The van der Waals surface area contributed by atoms with Crippen LogP contribution in [0.25, 0.3) is 0 Å². The minimum atomic E-state index is -1.03. The molecule has 0 saturated carbocycles. The van der Waals surface area contributed by atoms with Crippen molar-refractivity contribution in [3.05, 3.63) is 54.2 Å². The first-order valence-electron chi connectivity index (χ1n) is 10.2. The van der Waals surface area contributed by atoms with Crippen LogP contribution in [-0.2, 0) is 10.3 Å². The SMILES string of the molecule is CC[C@@]1(c2ccc(OC)cc2)NC(=O)N(CN2CCN(c3ccccn3)CC2)C1=O. The Labute approximate surface area is 176 Å². The van der Waals surface area contributed by atoms with Crippen molar-refractivity contribution in [3.63, 3.8) is 0 Å². The van der Waals surface area contributed by atoms with Crippen molar-refractivity contribution in [3.8, 4) is 5.75 Å². The maximum Gasteiger partial charge on any atom is 0.326 e. The van der Waals surface area contributed by atoms with Crippen molar-refractivity contribution in [2.75, 3.05) is 44.9 Å². The van der Waals surface area contributed by atoms with Gasteiger partial charge in [-0.3, -0.25) is 9.69 Å². The highest BCUT2D eigenvalue weighted by Crippen LogP contribution is 2.33. The van der Waals surface area contributed by atoms with Gasteiger partial charge in [-0.1, -0.05) is 25.1 Å². The maximum atomic E-state index is 13.3. The van der Waals surface area contributed by atoms with E-state index in [1.54, 1.807) is 13.3 Å². The van der Waals surface area contributed by atoms with Gasteiger partial charge in [-0.2, -0.15) is 0 Å². The number of aromatic nitrogens is 1. The van der Waals surface area contributed by atoms with Crippen molar-refractivity contribution >= 4 is 17.8 Å². The quantitative estimate of drug-likeness (QED) is 0.736. The molecule has 8 heteroatoms. The topological polar surface area (TPSA) is 78.0 Å². The van der Waals surface area contributed by atoms with Gasteiger partial charge in [0.1, 0.15) is 17.1 Å². The number of amides is 3. The molecule has 1 aromatic heterocycles. The smallest absolute Gasteiger partial charge is 0.326 e. The van der Waals surface area contributed by atoms with E-state index in [0.717, 1.165) is 37.6 Å². The van der Waals surface area contributed by atoms with Crippen molar-refractivity contribution in [1.82, 2.24) is 20.1 Å². The summed E-state index contributed by atoms with van der Waals surface area (Å²) < 4.78 is 5.21. The normalized spacial score (nSPS) is 22.3. The number of piperazine rings is 1. The molecule has 0 aliphatic carbocycles. The summed E-state index contributed by atoms with van der Waals surface area (Å²) in [6.07, 6.45) is 2.27. The summed E-state index contributed by atoms with van der Waals surface area (Å²) in [6, 6.07) is 12.8. The maximum absolute atomic E-state index is 13.3. The fraction of sp³-hybridized carbons (Fsp3) is 0.409. The monoisotopic (exact) mass is 409 g/mol. The molecule has 3 amide bonds. The molecule has 30 heavy (non-hydrogen) atoms. The summed E-state index contributed by atoms with van der Waals surface area (Å²) in [6.45, 7) is 5.33. The van der Waals surface area contributed by atoms with Crippen LogP contribution in [0, 0.1) is 0 Å². The fourth-order valence-electron chi connectivity index (χ4n) is 4.13. The molecule has 1 aromatic carbocycles. The van der Waals surface area contributed by atoms with Crippen LogP contribution in [0.5, 0.6) is 5.75 Å². The number of rotatable bonds is 6. The average molecular weight is 409 g/mol. The van der Waals surface area contributed by atoms with E-state index < -0.39 is 5.54 Å². The molecule has 2 aliphatic heterocycles. The van der Waals surface area contributed by atoms with Crippen LogP contribution in [0.15, 0.2) is 48.7 Å². The Kier molecular flexibility index (Phi) is 5.59. The molecule has 0 bridgehead atoms. The third-order valence-corrected chi connectivity index (χ3v) is 5.98. The lowest BCUT2D eigenvalue weighted by Gasteiger charge is -2.36. The highest BCUT2D eigenvalue weighted by Gasteiger charge is 2.51. The molecule has 1 N–H and O–H groups in total. The number of imide groups is 1. The first-order chi connectivity index (χ1) is 14.6. The first kappa shape index (κ1) is 20.2. The Bertz CT molecular complexity index is 897. The number of carbonyl (C=O) groups excluding carboxylic acids is 2. The molecular weight excluding hydrogens is 382 g/mol. The van der Waals surface area contributed by atoms with Gasteiger partial charge in [0.15, 0.2) is 0 Å². The molecule has 8 nitrogen and oxygen atoms in total. The summed E-state index contributed by atoms with van der Waals surface area (Å²) in [7, 11) is 1.60. The molecular formula is C22H27N5O3. The molecule has 158 valence electrons. The van der Waals surface area contributed by atoms with Gasteiger partial charge in [-0.05, 0) is 36.2 Å². The third kappa shape index (κ3) is 3.59. The van der Waals surface area contributed by atoms with Gasteiger partial charge >= 0.3 is 6.03 Å². The van der Waals surface area contributed by atoms with Crippen molar-refractivity contribution in [2.45, 2.75) is 18.9 Å². The number of benzene rings is 1. The lowest BCUT2D eigenvalue weighted by atomic mass is 9.87. The standard InChI is InChI=1S/C22H27N5O3/c1-3-22(17-7-9-18(30-2)10-8-17)20(28)27(21(29)24-22)16-25-12-14-26(15-13-25)19-6-4-5-11-23-19/h4-11H,3,12-16H2,1-2H3,(H,24,29)/t22-/m0/s1. The zero-order valence-electron chi connectivity index (χ0n) is 17.4. The van der Waals surface area contributed by atoms with Gasteiger partial charge in [-0.25, -0.2) is 14.7 Å². The zero-order valence-corrected chi connectivity index (χ0v) is 17.4. The summed E-state index contributed by atoms with van der Waals surface area (Å²) in [5, 5.41) is 2.94. The zero-order chi connectivity index (χ0) is 21.1. The molecule has 0 unspecified atom stereocenters. The number of hydrogen-bond acceptors (Lipinski definition) is 6. The number of hydrogen-bond donors (Lipinski definition) is 1. The Balaban J connectivity index is 1.44. The highest BCUT2D eigenvalue weighted by atomic mass is 16.5. The van der Waals surface area contributed by atoms with E-state index >= 15 is 0 Å². The molecule has 1 atom stereocenters. The fourth-order valence-corrected chi connectivity index (χ4v) is 4.13. The van der Waals surface area contributed by atoms with Crippen LogP contribution in [0.4, 0.5) is 10.6 Å². The number of anilines is 1. The van der Waals surface area contributed by atoms with Crippen LogP contribution in [0.1, 0.15) is 18.9 Å². The predicted octanol–water partition coefficient (Wildman–Crippen LogP) is 2.03. The van der Waals surface area contributed by atoms with E-state index in [2.05, 4.69) is 20.1 Å². The Morgan fingerprint density at radius 3 is 2.40 bits per heavy atom. The number of nitrogens with zero attached hydrogens (tertiary/aromatic N) is 4. The second kappa shape index (κ2) is 8.31. The van der Waals surface area contributed by atoms with Gasteiger partial charge in [0, 0.05) is 32.4 Å². The van der Waals surface area contributed by atoms with Gasteiger partial charge in [0.25, 0.3) is 5.91 Å². The second-order valence-corrected chi connectivity index (χ2v) is 7.59. The van der Waals surface area contributed by atoms with E-state index in [1.807, 2.05) is 49.4 Å². The lowest BCUT2D eigenvalue weighted by Crippen LogP contribution is -2.52. The number of pyridine rings is 1. The number of methoxy groups -OCH3 is 1. The number of carbonyl (C=O) groups is 2. The Hall–Kier alpha value is -3.13. The number of nitrogens with one attached hydrogen (secondary N) is 1. The van der Waals surface area contributed by atoms with Crippen molar-refractivity contribution in [2.24, 2.45) is 0 Å². The van der Waals surface area contributed by atoms with E-state index in [4.69, 9.17) is 4.74 Å². The average Bonchev–Trinajstić information content (AvgIpc) is 3.05. The Morgan fingerprint density at radius 2 is 1.80 bits per heavy atom. The molecule has 2 fully saturated rings. The van der Waals surface area contributed by atoms with Gasteiger partial charge < -0.3 is 15.0 Å². The molecule has 0 radical (unpaired) electrons. The largest absolute Gasteiger partial charge is 0.497 e. The summed E-state index contributed by atoms with van der Waals surface area (Å²) in [4.78, 5) is 36.2. The summed E-state index contributed by atoms with van der Waals surface area (Å²) in [5.74, 6) is 1.47. The molecule has 3 heterocycles. The van der Waals surface area contributed by atoms with E-state index in [0.29, 0.717) is 18.8 Å². The number of urea groups is 1. The minimum Gasteiger partial charge on any atom is -0.497 e. The molecule has 2 aliphatic rings. The number of ether oxygens (including phenoxy) is 1. The molecule has 2 aromatic rings. The molecule has 2 saturated heterocycles. The van der Waals surface area contributed by atoms with Crippen LogP contribution < -0.4 is 15.0 Å². The van der Waals surface area contributed by atoms with Gasteiger partial charge in [-0.15, -0.1) is 0 Å². The molecule has 0 spiro atoms. The van der Waals surface area contributed by atoms with Crippen molar-refractivity contribution in [1.29, 1.82) is 0 Å². The highest BCUT2D eigenvalue weighted by molar-refractivity contribution is 6.07. The first-order valence-corrected chi connectivity index (χ1v) is 10.2. The Morgan fingerprint density at radius 1 is 1.07 bits per heavy atom. The van der Waals surface area contributed by atoms with Gasteiger partial charge in [0.2, 0.25) is 0 Å². The van der Waals surface area contributed by atoms with Crippen LogP contribution in [0.2, 0.25) is 0 Å². The van der Waals surface area contributed by atoms with E-state index in [9.17, 15) is 9.59 Å². The summed E-state index contributed by atoms with van der Waals surface area (Å²) >= 11 is 0. The van der Waals surface area contributed by atoms with Crippen LogP contribution in [0.3, 0.4) is 0 Å². The lowest BCUT2D eigenvalue weighted by molar-refractivity contribution is -0.133.